The van der Waals surface area contributed by atoms with Crippen LogP contribution in [0.1, 0.15) is 39.8 Å². The van der Waals surface area contributed by atoms with Crippen molar-refractivity contribution in [2.24, 2.45) is 0 Å². The van der Waals surface area contributed by atoms with Crippen molar-refractivity contribution in [3.8, 4) is 0 Å². The van der Waals surface area contributed by atoms with E-state index in [2.05, 4.69) is 29.4 Å². The molecule has 1 amide bonds. The molecule has 0 saturated heterocycles. The van der Waals surface area contributed by atoms with Gasteiger partial charge in [-0.2, -0.15) is 0 Å². The summed E-state index contributed by atoms with van der Waals surface area (Å²) in [6.45, 7) is 5.17. The van der Waals surface area contributed by atoms with E-state index in [-0.39, 0.29) is 12.1 Å². The van der Waals surface area contributed by atoms with Gasteiger partial charge in [-0.15, -0.1) is 11.3 Å². The Bertz CT molecular complexity index is 984. The summed E-state index contributed by atoms with van der Waals surface area (Å²) in [5.41, 5.74) is 4.05. The predicted octanol–water partition coefficient (Wildman–Crippen LogP) is 4.56. The summed E-state index contributed by atoms with van der Waals surface area (Å²) < 4.78 is 5.39. The zero-order valence-electron chi connectivity index (χ0n) is 15.8. The number of ether oxygens (including phenoxy) is 1. The summed E-state index contributed by atoms with van der Waals surface area (Å²) in [6.07, 6.45) is 0.786. The first-order valence-electron chi connectivity index (χ1n) is 9.15. The molecule has 3 heterocycles. The highest BCUT2D eigenvalue weighted by molar-refractivity contribution is 7.21. The Hall–Kier alpha value is -2.44. The molecule has 1 atom stereocenters. The zero-order chi connectivity index (χ0) is 19.0. The fourth-order valence-electron chi connectivity index (χ4n) is 3.67. The number of methoxy groups -OCH3 is 1. The maximum Gasteiger partial charge on any atom is 0.268 e. The molecule has 0 bridgehead atoms. The van der Waals surface area contributed by atoms with Crippen LogP contribution >= 0.6 is 11.3 Å². The monoisotopic (exact) mass is 381 g/mol. The summed E-state index contributed by atoms with van der Waals surface area (Å²) >= 11 is 1.47. The lowest BCUT2D eigenvalue weighted by Crippen LogP contribution is -2.47. The van der Waals surface area contributed by atoms with Crippen LogP contribution < -0.4 is 5.32 Å². The van der Waals surface area contributed by atoms with Gasteiger partial charge in [-0.25, -0.2) is 4.98 Å². The third kappa shape index (κ3) is 3.19. The Balaban J connectivity index is 1.80. The molecule has 1 aliphatic rings. The lowest BCUT2D eigenvalue weighted by atomic mass is 10.1. The number of fused-ring (bicyclic) bond motifs is 3. The van der Waals surface area contributed by atoms with Gasteiger partial charge in [0.2, 0.25) is 0 Å². The largest absolute Gasteiger partial charge is 0.380 e. The van der Waals surface area contributed by atoms with Crippen molar-refractivity contribution >= 4 is 33.1 Å². The second-order valence-corrected chi connectivity index (χ2v) is 7.83. The molecule has 0 unspecified atom stereocenters. The quantitative estimate of drug-likeness (QED) is 0.704. The normalized spacial score (nSPS) is 16.5. The molecule has 140 valence electrons. The van der Waals surface area contributed by atoms with E-state index in [9.17, 15) is 4.79 Å². The second-order valence-electron chi connectivity index (χ2n) is 6.83. The lowest BCUT2D eigenvalue weighted by Gasteiger charge is -2.36. The van der Waals surface area contributed by atoms with Gasteiger partial charge in [-0.1, -0.05) is 37.3 Å². The van der Waals surface area contributed by atoms with E-state index in [1.54, 1.807) is 7.11 Å². The van der Waals surface area contributed by atoms with Gasteiger partial charge >= 0.3 is 0 Å². The molecule has 0 fully saturated rings. The summed E-state index contributed by atoms with van der Waals surface area (Å²) in [4.78, 5) is 21.6. The maximum absolute atomic E-state index is 13.4. The van der Waals surface area contributed by atoms with Gasteiger partial charge in [0.25, 0.3) is 5.91 Å². The van der Waals surface area contributed by atoms with Gasteiger partial charge in [0.05, 0.1) is 12.3 Å². The van der Waals surface area contributed by atoms with Crippen LogP contribution in [-0.4, -0.2) is 29.1 Å². The number of aromatic nitrogens is 1. The number of anilines is 1. The number of pyridine rings is 1. The van der Waals surface area contributed by atoms with Crippen LogP contribution in [0.5, 0.6) is 0 Å². The number of amides is 1. The van der Waals surface area contributed by atoms with Crippen LogP contribution in [-0.2, 0) is 17.9 Å². The molecule has 2 aromatic heterocycles. The molecule has 1 N–H and O–H groups in total. The van der Waals surface area contributed by atoms with Gasteiger partial charge in [0.1, 0.15) is 15.9 Å². The van der Waals surface area contributed by atoms with Gasteiger partial charge in [-0.3, -0.25) is 4.79 Å². The van der Waals surface area contributed by atoms with Crippen LogP contribution in [0.25, 0.3) is 10.2 Å². The Morgan fingerprint density at radius 1 is 1.30 bits per heavy atom. The number of hydrogen-bond donors (Lipinski definition) is 1. The highest BCUT2D eigenvalue weighted by Gasteiger charge is 2.35. The van der Waals surface area contributed by atoms with E-state index in [0.29, 0.717) is 13.2 Å². The van der Waals surface area contributed by atoms with Crippen molar-refractivity contribution in [3.63, 3.8) is 0 Å². The smallest absolute Gasteiger partial charge is 0.268 e. The average molecular weight is 382 g/mol. The van der Waals surface area contributed by atoms with Crippen LogP contribution in [0.3, 0.4) is 0 Å². The molecular formula is C21H23N3O2S. The van der Waals surface area contributed by atoms with Crippen molar-refractivity contribution in [1.29, 1.82) is 0 Å². The highest BCUT2D eigenvalue weighted by Crippen LogP contribution is 2.42. The Labute approximate surface area is 163 Å². The number of nitrogens with one attached hydrogen (secondary N) is 1. The summed E-state index contributed by atoms with van der Waals surface area (Å²) in [5, 5.41) is 4.63. The lowest BCUT2D eigenvalue weighted by molar-refractivity contribution is 0.0670. The molecule has 3 aromatic rings. The van der Waals surface area contributed by atoms with Crippen molar-refractivity contribution in [2.45, 2.75) is 39.6 Å². The summed E-state index contributed by atoms with van der Waals surface area (Å²) in [6, 6.07) is 12.2. The molecule has 0 saturated carbocycles. The van der Waals surface area contributed by atoms with Crippen LogP contribution in [0.4, 0.5) is 5.69 Å². The van der Waals surface area contributed by atoms with Crippen molar-refractivity contribution in [3.05, 3.63) is 58.1 Å². The summed E-state index contributed by atoms with van der Waals surface area (Å²) in [7, 11) is 1.69. The number of nitrogens with zero attached hydrogens (tertiary/aromatic N) is 2. The molecule has 1 aromatic carbocycles. The first-order chi connectivity index (χ1) is 13.1. The molecule has 0 spiro atoms. The topological polar surface area (TPSA) is 54.5 Å². The molecular weight excluding hydrogens is 358 g/mol. The van der Waals surface area contributed by atoms with Gasteiger partial charge in [0, 0.05) is 24.7 Å². The minimum Gasteiger partial charge on any atom is -0.380 e. The second kappa shape index (κ2) is 7.29. The van der Waals surface area contributed by atoms with Gasteiger partial charge < -0.3 is 15.0 Å². The zero-order valence-corrected chi connectivity index (χ0v) is 16.6. The third-order valence-corrected chi connectivity index (χ3v) is 5.97. The molecule has 0 radical (unpaired) electrons. The molecule has 4 rings (SSSR count). The van der Waals surface area contributed by atoms with Crippen LogP contribution in [0, 0.1) is 6.92 Å². The van der Waals surface area contributed by atoms with Crippen LogP contribution in [0.15, 0.2) is 36.4 Å². The third-order valence-electron chi connectivity index (χ3n) is 4.90. The van der Waals surface area contributed by atoms with Crippen molar-refractivity contribution in [1.82, 2.24) is 9.88 Å². The average Bonchev–Trinajstić information content (AvgIpc) is 3.03. The highest BCUT2D eigenvalue weighted by atomic mass is 32.1. The number of rotatable bonds is 5. The number of thiophene rings is 1. The number of benzene rings is 1. The van der Waals surface area contributed by atoms with Gasteiger partial charge in [-0.05, 0) is 30.5 Å². The number of aryl methyl sites for hydroxylation is 1. The number of hydrogen-bond acceptors (Lipinski definition) is 5. The number of carbonyl (C=O) groups excluding carboxylic acids is 1. The Kier molecular flexibility index (Phi) is 4.85. The van der Waals surface area contributed by atoms with E-state index < -0.39 is 0 Å². The standard InChI is InChI=1S/C21H23N3O2S/c1-4-16-23-18-17-15(12-26-3)10-13(2)22-20(17)27-19(18)21(25)24(16)11-14-8-6-5-7-9-14/h5-10,16,23H,4,11-12H2,1-3H3/t16-/m0/s1. The minimum absolute atomic E-state index is 0.0419. The van der Waals surface area contributed by atoms with Gasteiger partial charge in [0.15, 0.2) is 0 Å². The molecule has 6 heteroatoms. The van der Waals surface area contributed by atoms with E-state index in [1.165, 1.54) is 11.3 Å². The molecule has 5 nitrogen and oxygen atoms in total. The first kappa shape index (κ1) is 17.9. The molecule has 27 heavy (non-hydrogen) atoms. The Morgan fingerprint density at radius 3 is 2.78 bits per heavy atom. The molecule has 0 aliphatic carbocycles. The van der Waals surface area contributed by atoms with E-state index in [1.807, 2.05) is 36.1 Å². The van der Waals surface area contributed by atoms with E-state index in [4.69, 9.17) is 4.74 Å². The maximum atomic E-state index is 13.4. The minimum atomic E-state index is -0.0419. The van der Waals surface area contributed by atoms with Crippen LogP contribution in [0.2, 0.25) is 0 Å². The molecule has 1 aliphatic heterocycles. The fraction of sp³-hybridized carbons (Fsp3) is 0.333. The summed E-state index contributed by atoms with van der Waals surface area (Å²) in [5.74, 6) is 0.0727. The number of carbonyl (C=O) groups is 1. The van der Waals surface area contributed by atoms with Crippen molar-refractivity contribution in [2.75, 3.05) is 12.4 Å². The SMILES string of the molecule is CC[C@H]1Nc2c(sc3nc(C)cc(COC)c23)C(=O)N1Cc1ccccc1. The predicted molar refractivity (Wildman–Crippen MR) is 109 cm³/mol. The first-order valence-corrected chi connectivity index (χ1v) is 9.97. The van der Waals surface area contributed by atoms with Crippen molar-refractivity contribution < 1.29 is 9.53 Å². The fourth-order valence-corrected chi connectivity index (χ4v) is 4.86. The van der Waals surface area contributed by atoms with E-state index >= 15 is 0 Å². The van der Waals surface area contributed by atoms with E-state index in [0.717, 1.165) is 44.0 Å². The Morgan fingerprint density at radius 2 is 2.07 bits per heavy atom.